The van der Waals surface area contributed by atoms with Crippen LogP contribution in [0.5, 0.6) is 5.75 Å². The molecule has 1 fully saturated rings. The predicted molar refractivity (Wildman–Crippen MR) is 177 cm³/mol. The highest BCUT2D eigenvalue weighted by Gasteiger charge is 2.31. The molecule has 0 bridgehead atoms. The third kappa shape index (κ3) is 6.57. The summed E-state index contributed by atoms with van der Waals surface area (Å²) in [5, 5.41) is 0.0968. The van der Waals surface area contributed by atoms with Crippen molar-refractivity contribution in [3.63, 3.8) is 0 Å². The number of carbonyl (C=O) groups is 2. The van der Waals surface area contributed by atoms with E-state index in [1.54, 1.807) is 21.9 Å². The van der Waals surface area contributed by atoms with Crippen LogP contribution in [-0.4, -0.2) is 71.7 Å². The lowest BCUT2D eigenvalue weighted by atomic mass is 9.97. The first kappa shape index (κ1) is 34.4. The number of hydrogen-bond acceptors (Lipinski definition) is 9. The molecular formula is C34H35F2N5O6S. The van der Waals surface area contributed by atoms with Crippen molar-refractivity contribution in [3.8, 4) is 17.0 Å². The summed E-state index contributed by atoms with van der Waals surface area (Å²) in [7, 11) is -3.77. The highest BCUT2D eigenvalue weighted by atomic mass is 32.2. The van der Waals surface area contributed by atoms with Crippen molar-refractivity contribution in [1.29, 1.82) is 0 Å². The molecule has 1 saturated heterocycles. The van der Waals surface area contributed by atoms with Crippen LogP contribution in [-0.2, 0) is 26.0 Å². The average molecular weight is 680 g/mol. The second kappa shape index (κ2) is 13.3. The van der Waals surface area contributed by atoms with Crippen LogP contribution in [0, 0.1) is 11.6 Å². The third-order valence-corrected chi connectivity index (χ3v) is 9.43. The summed E-state index contributed by atoms with van der Waals surface area (Å²) >= 11 is 0. The van der Waals surface area contributed by atoms with E-state index in [9.17, 15) is 22.8 Å². The molecule has 0 spiro atoms. The molecule has 4 aromatic rings. The number of hydrogen-bond donors (Lipinski definition) is 0. The lowest BCUT2D eigenvalue weighted by molar-refractivity contribution is -0.132. The first-order valence-corrected chi connectivity index (χ1v) is 17.1. The molecule has 0 unspecified atom stereocenters. The number of fused-ring (bicyclic) bond motifs is 1. The van der Waals surface area contributed by atoms with E-state index in [2.05, 4.69) is 16.5 Å². The van der Waals surface area contributed by atoms with Gasteiger partial charge in [0.05, 0.1) is 22.4 Å². The van der Waals surface area contributed by atoms with Crippen LogP contribution in [0.3, 0.4) is 0 Å². The van der Waals surface area contributed by atoms with Gasteiger partial charge in [0.25, 0.3) is 0 Å². The van der Waals surface area contributed by atoms with E-state index in [1.165, 1.54) is 24.3 Å². The number of carbonyl (C=O) groups excluding carboxylic acids is 2. The summed E-state index contributed by atoms with van der Waals surface area (Å²) in [4.78, 5) is 50.4. The Balaban J connectivity index is 1.81. The smallest absolute Gasteiger partial charge is 0.351 e. The Hall–Kier alpha value is -4.98. The molecule has 252 valence electrons. The van der Waals surface area contributed by atoms with E-state index < -0.39 is 44.4 Å². The molecule has 0 saturated carbocycles. The number of piperazine rings is 1. The number of esters is 1. The zero-order valence-corrected chi connectivity index (χ0v) is 28.0. The van der Waals surface area contributed by atoms with Gasteiger partial charge in [-0.3, -0.25) is 14.2 Å². The lowest BCUT2D eigenvalue weighted by Gasteiger charge is -2.40. The Morgan fingerprint density at radius 1 is 1.10 bits per heavy atom. The summed E-state index contributed by atoms with van der Waals surface area (Å²) in [5.41, 5.74) is -0.894. The minimum absolute atomic E-state index is 0.00281. The largest absolute Gasteiger partial charge is 0.426 e. The van der Waals surface area contributed by atoms with E-state index in [0.717, 1.165) is 29.9 Å². The normalized spacial score (nSPS) is 15.2. The molecule has 1 amide bonds. The van der Waals surface area contributed by atoms with Gasteiger partial charge < -0.3 is 14.5 Å². The molecule has 1 aliphatic heterocycles. The fourth-order valence-corrected chi connectivity index (χ4v) is 7.02. The summed E-state index contributed by atoms with van der Waals surface area (Å²) in [6.07, 6.45) is 2.28. The quantitative estimate of drug-likeness (QED) is 0.151. The molecule has 0 radical (unpaired) electrons. The highest BCUT2D eigenvalue weighted by molar-refractivity contribution is 7.90. The molecule has 1 atom stereocenters. The topological polar surface area (TPSA) is 132 Å². The van der Waals surface area contributed by atoms with Crippen molar-refractivity contribution in [3.05, 3.63) is 88.4 Å². The van der Waals surface area contributed by atoms with Gasteiger partial charge in [-0.1, -0.05) is 38.6 Å². The predicted octanol–water partition coefficient (Wildman–Crippen LogP) is 4.46. The molecule has 5 rings (SSSR count). The van der Waals surface area contributed by atoms with Crippen LogP contribution < -0.4 is 15.3 Å². The maximum Gasteiger partial charge on any atom is 0.351 e. The number of nitrogens with zero attached hydrogens (tertiary/aromatic N) is 5. The minimum atomic E-state index is -3.77. The van der Waals surface area contributed by atoms with Crippen molar-refractivity contribution in [2.45, 2.75) is 51.1 Å². The number of anilines is 1. The van der Waals surface area contributed by atoms with Gasteiger partial charge in [0.15, 0.2) is 15.7 Å². The zero-order valence-electron chi connectivity index (χ0n) is 27.2. The molecular weight excluding hydrogens is 644 g/mol. The molecule has 2 aromatic carbocycles. The van der Waals surface area contributed by atoms with Gasteiger partial charge in [-0.05, 0) is 54.3 Å². The molecule has 1 aliphatic rings. The summed E-state index contributed by atoms with van der Waals surface area (Å²) in [6.45, 7) is 10.7. The molecule has 0 N–H and O–H groups in total. The van der Waals surface area contributed by atoms with Gasteiger partial charge in [-0.2, -0.15) is 4.98 Å². The van der Waals surface area contributed by atoms with E-state index in [4.69, 9.17) is 4.74 Å². The molecule has 2 aromatic heterocycles. The SMILES string of the molecule is C=CC(=O)N1CCN(c2nc(=O)n(Cc3c(C(C)C)cccc3S(C)(=O)=O)c3nc(-c4c(F)cccc4OC(C)=O)c(F)cc23)[C@@H](C)C1. The van der Waals surface area contributed by atoms with E-state index >= 15 is 8.78 Å². The van der Waals surface area contributed by atoms with Crippen LogP contribution >= 0.6 is 0 Å². The maximum absolute atomic E-state index is 16.2. The molecule has 0 aliphatic carbocycles. The first-order chi connectivity index (χ1) is 22.6. The number of aromatic nitrogens is 3. The minimum Gasteiger partial charge on any atom is -0.426 e. The van der Waals surface area contributed by atoms with Crippen molar-refractivity contribution >= 4 is 38.6 Å². The Labute approximate surface area is 276 Å². The van der Waals surface area contributed by atoms with Crippen molar-refractivity contribution in [1.82, 2.24) is 19.4 Å². The third-order valence-electron chi connectivity index (χ3n) is 8.24. The Kier molecular flexibility index (Phi) is 9.49. The fourth-order valence-electron chi connectivity index (χ4n) is 6.06. The molecule has 48 heavy (non-hydrogen) atoms. The van der Waals surface area contributed by atoms with E-state index in [1.807, 2.05) is 20.8 Å². The van der Waals surface area contributed by atoms with Gasteiger partial charge >= 0.3 is 11.7 Å². The number of halogens is 2. The number of pyridine rings is 1. The Morgan fingerprint density at radius 3 is 2.44 bits per heavy atom. The molecule has 14 heteroatoms. The van der Waals surface area contributed by atoms with Crippen molar-refractivity contribution < 1.29 is 31.5 Å². The number of rotatable bonds is 8. The maximum atomic E-state index is 16.2. The fraction of sp³-hybridized carbons (Fsp3) is 0.324. The van der Waals surface area contributed by atoms with Gasteiger partial charge in [0, 0.05) is 38.9 Å². The summed E-state index contributed by atoms with van der Waals surface area (Å²) in [6, 6.07) is 9.19. The van der Waals surface area contributed by atoms with Crippen molar-refractivity contribution in [2.75, 3.05) is 30.8 Å². The van der Waals surface area contributed by atoms with Gasteiger partial charge in [0.2, 0.25) is 5.91 Å². The average Bonchev–Trinajstić information content (AvgIpc) is 3.01. The number of ether oxygens (including phenoxy) is 1. The summed E-state index contributed by atoms with van der Waals surface area (Å²) < 4.78 is 63.7. The second-order valence-electron chi connectivity index (χ2n) is 12.0. The second-order valence-corrected chi connectivity index (χ2v) is 14.0. The zero-order chi connectivity index (χ0) is 35.1. The van der Waals surface area contributed by atoms with Crippen LogP contribution in [0.25, 0.3) is 22.3 Å². The van der Waals surface area contributed by atoms with Crippen LogP contribution in [0.15, 0.2) is 64.8 Å². The first-order valence-electron chi connectivity index (χ1n) is 15.2. The van der Waals surface area contributed by atoms with E-state index in [0.29, 0.717) is 11.1 Å². The van der Waals surface area contributed by atoms with Crippen LogP contribution in [0.2, 0.25) is 0 Å². The highest BCUT2D eigenvalue weighted by Crippen LogP contribution is 2.37. The number of amides is 1. The van der Waals surface area contributed by atoms with Crippen LogP contribution in [0.1, 0.15) is 44.7 Å². The van der Waals surface area contributed by atoms with Gasteiger partial charge in [0.1, 0.15) is 28.7 Å². The molecule has 11 nitrogen and oxygen atoms in total. The van der Waals surface area contributed by atoms with Gasteiger partial charge in [-0.25, -0.2) is 27.0 Å². The summed E-state index contributed by atoms with van der Waals surface area (Å²) in [5.74, 6) is -3.27. The van der Waals surface area contributed by atoms with E-state index in [-0.39, 0.29) is 71.5 Å². The van der Waals surface area contributed by atoms with Crippen molar-refractivity contribution in [2.24, 2.45) is 0 Å². The number of benzene rings is 2. The van der Waals surface area contributed by atoms with Gasteiger partial charge in [-0.15, -0.1) is 0 Å². The Bertz CT molecular complexity index is 2130. The lowest BCUT2D eigenvalue weighted by Crippen LogP contribution is -2.54. The monoisotopic (exact) mass is 679 g/mol. The number of sulfone groups is 1. The van der Waals surface area contributed by atoms with Crippen LogP contribution in [0.4, 0.5) is 14.6 Å². The standard InChI is InChI=1S/C34H35F2N5O6S/c1-7-29(43)39-14-15-40(20(4)17-39)33-23-16-26(36)31(30-25(35)11-9-12-27(30)47-21(5)42)37-32(23)41(34(44)38-33)18-24-22(19(2)3)10-8-13-28(24)48(6,45)46/h7-13,16,19-20H,1,14-15,17-18H2,2-6H3/t20-/m0/s1. The molecule has 3 heterocycles. The Morgan fingerprint density at radius 2 is 1.81 bits per heavy atom.